The molecule has 0 atom stereocenters. The van der Waals surface area contributed by atoms with Crippen LogP contribution in [0.25, 0.3) is 5.52 Å². The van der Waals surface area contributed by atoms with Crippen LogP contribution in [0.5, 0.6) is 0 Å². The van der Waals surface area contributed by atoms with Crippen LogP contribution in [-0.2, 0) is 17.5 Å². The standard InChI is InChI=1S/C15H10F3N3O2/c16-15(17,18)13-2-1-10(8-19-13)9-23-14(22)11-4-6-21-12(7-11)3-5-20-21/h1-8H,9H2. The number of fused-ring (bicyclic) bond motifs is 1. The predicted molar refractivity (Wildman–Crippen MR) is 73.6 cm³/mol. The van der Waals surface area contributed by atoms with Gasteiger partial charge in [0.05, 0.1) is 11.1 Å². The van der Waals surface area contributed by atoms with E-state index in [1.165, 1.54) is 6.07 Å². The first-order valence-corrected chi connectivity index (χ1v) is 6.56. The number of aromatic nitrogens is 3. The summed E-state index contributed by atoms with van der Waals surface area (Å²) in [5.41, 5.74) is 0.448. The zero-order valence-electron chi connectivity index (χ0n) is 11.6. The van der Waals surface area contributed by atoms with Gasteiger partial charge in [-0.1, -0.05) is 6.07 Å². The van der Waals surface area contributed by atoms with Gasteiger partial charge >= 0.3 is 12.1 Å². The van der Waals surface area contributed by atoms with E-state index in [1.54, 1.807) is 35.1 Å². The van der Waals surface area contributed by atoms with Crippen LogP contribution in [0.4, 0.5) is 13.2 Å². The van der Waals surface area contributed by atoms with Crippen molar-refractivity contribution in [2.45, 2.75) is 12.8 Å². The van der Waals surface area contributed by atoms with Crippen LogP contribution in [0.1, 0.15) is 21.6 Å². The van der Waals surface area contributed by atoms with Crippen molar-refractivity contribution in [2.75, 3.05) is 0 Å². The SMILES string of the molecule is O=C(OCc1ccc(C(F)(F)F)nc1)c1ccn2nccc2c1. The normalized spacial score (nSPS) is 11.6. The fourth-order valence-corrected chi connectivity index (χ4v) is 1.96. The number of alkyl halides is 3. The molecule has 3 rings (SSSR count). The highest BCUT2D eigenvalue weighted by atomic mass is 19.4. The zero-order chi connectivity index (χ0) is 16.4. The number of carbonyl (C=O) groups excluding carboxylic acids is 1. The molecule has 0 aliphatic carbocycles. The number of carbonyl (C=O) groups is 1. The molecule has 5 nitrogen and oxygen atoms in total. The lowest BCUT2D eigenvalue weighted by molar-refractivity contribution is -0.141. The molecule has 0 saturated carbocycles. The lowest BCUT2D eigenvalue weighted by atomic mass is 10.2. The zero-order valence-corrected chi connectivity index (χ0v) is 11.6. The molecule has 8 heteroatoms. The molecular weight excluding hydrogens is 311 g/mol. The Morgan fingerprint density at radius 2 is 2.04 bits per heavy atom. The van der Waals surface area contributed by atoms with Crippen molar-refractivity contribution in [2.24, 2.45) is 0 Å². The van der Waals surface area contributed by atoms with Gasteiger partial charge in [0.2, 0.25) is 0 Å². The number of esters is 1. The van der Waals surface area contributed by atoms with Gasteiger partial charge in [-0.15, -0.1) is 0 Å². The number of hydrogen-bond acceptors (Lipinski definition) is 4. The highest BCUT2D eigenvalue weighted by Gasteiger charge is 2.32. The second kappa shape index (κ2) is 5.71. The highest BCUT2D eigenvalue weighted by molar-refractivity contribution is 5.90. The monoisotopic (exact) mass is 321 g/mol. The molecule has 23 heavy (non-hydrogen) atoms. The Bertz CT molecular complexity index is 841. The van der Waals surface area contributed by atoms with Gasteiger partial charge in [0, 0.05) is 24.2 Å². The number of pyridine rings is 2. The Kier molecular flexibility index (Phi) is 3.73. The Morgan fingerprint density at radius 1 is 1.22 bits per heavy atom. The third kappa shape index (κ3) is 3.31. The first kappa shape index (κ1) is 15.0. The molecule has 0 aliphatic rings. The number of rotatable bonds is 3. The molecule has 118 valence electrons. The summed E-state index contributed by atoms with van der Waals surface area (Å²) < 4.78 is 43.9. The third-order valence-electron chi connectivity index (χ3n) is 3.12. The van der Waals surface area contributed by atoms with Crippen LogP contribution in [0.15, 0.2) is 48.9 Å². The Hall–Kier alpha value is -2.90. The van der Waals surface area contributed by atoms with Crippen LogP contribution in [0.2, 0.25) is 0 Å². The lowest BCUT2D eigenvalue weighted by Gasteiger charge is -2.07. The molecule has 0 aromatic carbocycles. The summed E-state index contributed by atoms with van der Waals surface area (Å²) >= 11 is 0. The first-order valence-electron chi connectivity index (χ1n) is 6.56. The van der Waals surface area contributed by atoms with Gasteiger partial charge in [-0.25, -0.2) is 9.31 Å². The van der Waals surface area contributed by atoms with Crippen molar-refractivity contribution < 1.29 is 22.7 Å². The van der Waals surface area contributed by atoms with Gasteiger partial charge in [-0.05, 0) is 24.3 Å². The molecule has 0 radical (unpaired) electrons. The summed E-state index contributed by atoms with van der Waals surface area (Å²) in [5.74, 6) is -0.575. The smallest absolute Gasteiger partial charge is 0.433 e. The number of halogens is 3. The number of ether oxygens (including phenoxy) is 1. The maximum atomic E-state index is 12.4. The van der Waals surface area contributed by atoms with Crippen LogP contribution in [-0.4, -0.2) is 20.6 Å². The van der Waals surface area contributed by atoms with Gasteiger partial charge < -0.3 is 4.74 Å². The van der Waals surface area contributed by atoms with E-state index in [-0.39, 0.29) is 6.61 Å². The largest absolute Gasteiger partial charge is 0.457 e. The van der Waals surface area contributed by atoms with Crippen molar-refractivity contribution in [1.29, 1.82) is 0 Å². The van der Waals surface area contributed by atoms with E-state index in [1.807, 2.05) is 0 Å². The summed E-state index contributed by atoms with van der Waals surface area (Å²) in [6, 6.07) is 6.97. The van der Waals surface area contributed by atoms with E-state index in [2.05, 4.69) is 10.1 Å². The van der Waals surface area contributed by atoms with Gasteiger partial charge in [0.25, 0.3) is 0 Å². The van der Waals surface area contributed by atoms with E-state index in [0.29, 0.717) is 11.1 Å². The van der Waals surface area contributed by atoms with Crippen LogP contribution >= 0.6 is 0 Å². The topological polar surface area (TPSA) is 56.5 Å². The lowest BCUT2D eigenvalue weighted by Crippen LogP contribution is -2.09. The van der Waals surface area contributed by atoms with E-state index in [0.717, 1.165) is 17.8 Å². The molecule has 3 aromatic rings. The minimum atomic E-state index is -4.49. The summed E-state index contributed by atoms with van der Waals surface area (Å²) in [4.78, 5) is 15.3. The van der Waals surface area contributed by atoms with Gasteiger partial charge in [0.1, 0.15) is 12.3 Å². The maximum Gasteiger partial charge on any atom is 0.433 e. The molecular formula is C15H10F3N3O2. The summed E-state index contributed by atoms with van der Waals surface area (Å²) in [7, 11) is 0. The van der Waals surface area contributed by atoms with Gasteiger partial charge in [0.15, 0.2) is 0 Å². The van der Waals surface area contributed by atoms with Crippen molar-refractivity contribution >= 4 is 11.5 Å². The molecule has 0 amide bonds. The Morgan fingerprint density at radius 3 is 2.74 bits per heavy atom. The van der Waals surface area contributed by atoms with Gasteiger partial charge in [-0.3, -0.25) is 4.98 Å². The van der Waals surface area contributed by atoms with Crippen molar-refractivity contribution in [3.8, 4) is 0 Å². The van der Waals surface area contributed by atoms with Crippen LogP contribution in [0.3, 0.4) is 0 Å². The molecule has 0 saturated heterocycles. The van der Waals surface area contributed by atoms with E-state index < -0.39 is 17.8 Å². The molecule has 0 bridgehead atoms. The second-order valence-electron chi connectivity index (χ2n) is 4.74. The first-order chi connectivity index (χ1) is 10.9. The van der Waals surface area contributed by atoms with E-state index in [4.69, 9.17) is 4.74 Å². The molecule has 0 fully saturated rings. The predicted octanol–water partition coefficient (Wildman–Crippen LogP) is 3.11. The maximum absolute atomic E-state index is 12.4. The van der Waals surface area contributed by atoms with Crippen LogP contribution in [0, 0.1) is 0 Å². The Balaban J connectivity index is 1.66. The number of hydrogen-bond donors (Lipinski definition) is 0. The average molecular weight is 321 g/mol. The fourth-order valence-electron chi connectivity index (χ4n) is 1.96. The summed E-state index contributed by atoms with van der Waals surface area (Å²) in [5, 5.41) is 4.01. The van der Waals surface area contributed by atoms with Crippen molar-refractivity contribution in [3.63, 3.8) is 0 Å². The second-order valence-corrected chi connectivity index (χ2v) is 4.74. The minimum Gasteiger partial charge on any atom is -0.457 e. The summed E-state index contributed by atoms with van der Waals surface area (Å²) in [6.07, 6.45) is -0.240. The Labute approximate surface area is 128 Å². The number of nitrogens with zero attached hydrogens (tertiary/aromatic N) is 3. The molecule has 0 spiro atoms. The fraction of sp³-hybridized carbons (Fsp3) is 0.133. The molecule has 0 aliphatic heterocycles. The average Bonchev–Trinajstić information content (AvgIpc) is 2.99. The van der Waals surface area contributed by atoms with Crippen molar-refractivity contribution in [3.05, 3.63) is 65.7 Å². The molecule has 0 unspecified atom stereocenters. The molecule has 0 N–H and O–H groups in total. The van der Waals surface area contributed by atoms with E-state index >= 15 is 0 Å². The van der Waals surface area contributed by atoms with Crippen LogP contribution < -0.4 is 0 Å². The minimum absolute atomic E-state index is 0.158. The van der Waals surface area contributed by atoms with Gasteiger partial charge in [-0.2, -0.15) is 18.3 Å². The third-order valence-corrected chi connectivity index (χ3v) is 3.12. The van der Waals surface area contributed by atoms with Crippen molar-refractivity contribution in [1.82, 2.24) is 14.6 Å². The molecule has 3 aromatic heterocycles. The summed E-state index contributed by atoms with van der Waals surface area (Å²) in [6.45, 7) is -0.158. The highest BCUT2D eigenvalue weighted by Crippen LogP contribution is 2.27. The quantitative estimate of drug-likeness (QED) is 0.696. The molecule has 3 heterocycles. The van der Waals surface area contributed by atoms with E-state index in [9.17, 15) is 18.0 Å².